The number of benzene rings is 1. The Labute approximate surface area is 134 Å². The maximum atomic E-state index is 13.3. The van der Waals surface area contributed by atoms with Crippen molar-refractivity contribution in [1.29, 1.82) is 0 Å². The zero-order valence-electron chi connectivity index (χ0n) is 17.6. The van der Waals surface area contributed by atoms with Gasteiger partial charge in [0.25, 0.3) is 11.5 Å². The Hall–Kier alpha value is -2.70. The van der Waals surface area contributed by atoms with Gasteiger partial charge in [0.15, 0.2) is 0 Å². The SMILES string of the molecule is [2H]c1c([2H])c(N)c2c(=O)n(C3(C([2H])([2H])[2H])CCC(=O)NC3=O)c(C)nc2c1[2H]. The van der Waals surface area contributed by atoms with Gasteiger partial charge >= 0.3 is 0 Å². The van der Waals surface area contributed by atoms with Gasteiger partial charge in [0.2, 0.25) is 5.91 Å². The van der Waals surface area contributed by atoms with E-state index in [1.165, 1.54) is 6.92 Å². The molecule has 1 aliphatic rings. The number of nitrogen functional groups attached to an aromatic ring is 1. The standard InChI is InChI=1S/C15H16N4O3/c1-8-17-10-5-3-4-9(16)12(10)13(21)19(8)15(2)7-6-11(20)18-14(15)22/h3-5H,6-7,16H2,1-2H3,(H,18,20,22)/i2D3,3D,4D,5D. The van der Waals surface area contributed by atoms with Gasteiger partial charge in [-0.25, -0.2) is 4.98 Å². The Morgan fingerprint density at radius 3 is 2.91 bits per heavy atom. The van der Waals surface area contributed by atoms with Crippen LogP contribution >= 0.6 is 0 Å². The number of anilines is 1. The molecule has 114 valence electrons. The summed E-state index contributed by atoms with van der Waals surface area (Å²) in [5.74, 6) is -2.02. The quantitative estimate of drug-likeness (QED) is 0.587. The van der Waals surface area contributed by atoms with Crippen molar-refractivity contribution in [2.24, 2.45) is 0 Å². The van der Waals surface area contributed by atoms with Gasteiger partial charge in [0, 0.05) is 16.2 Å². The molecule has 7 heteroatoms. The molecule has 1 fully saturated rings. The number of nitrogens with zero attached hydrogens (tertiary/aromatic N) is 2. The smallest absolute Gasteiger partial charge is 0.264 e. The van der Waals surface area contributed by atoms with Crippen molar-refractivity contribution in [3.05, 3.63) is 34.3 Å². The number of imide groups is 1. The number of nitrogens with two attached hydrogens (primary N) is 1. The average Bonchev–Trinajstić information content (AvgIpc) is 2.58. The van der Waals surface area contributed by atoms with E-state index in [4.69, 9.17) is 14.0 Å². The Kier molecular flexibility index (Phi) is 1.84. The number of piperidine rings is 1. The number of rotatable bonds is 1. The summed E-state index contributed by atoms with van der Waals surface area (Å²) in [5.41, 5.74) is 1.68. The fourth-order valence-corrected chi connectivity index (χ4v) is 2.54. The number of amides is 2. The minimum absolute atomic E-state index is 0.192. The molecule has 22 heavy (non-hydrogen) atoms. The van der Waals surface area contributed by atoms with Gasteiger partial charge in [0.05, 0.1) is 15.0 Å². The van der Waals surface area contributed by atoms with Gasteiger partial charge in [-0.15, -0.1) is 0 Å². The first-order chi connectivity index (χ1) is 12.8. The Morgan fingerprint density at radius 2 is 2.23 bits per heavy atom. The molecular formula is C15H16N4O3. The third-order valence-corrected chi connectivity index (χ3v) is 3.62. The number of carbonyl (C=O) groups is 2. The van der Waals surface area contributed by atoms with Crippen LogP contribution in [0, 0.1) is 6.92 Å². The Morgan fingerprint density at radius 1 is 1.45 bits per heavy atom. The molecule has 2 aromatic rings. The van der Waals surface area contributed by atoms with Crippen LogP contribution in [0.25, 0.3) is 10.9 Å². The molecule has 0 bridgehead atoms. The van der Waals surface area contributed by atoms with Crippen molar-refractivity contribution >= 4 is 28.4 Å². The minimum Gasteiger partial charge on any atom is -0.398 e. The van der Waals surface area contributed by atoms with Gasteiger partial charge in [0.1, 0.15) is 11.4 Å². The summed E-state index contributed by atoms with van der Waals surface area (Å²) in [4.78, 5) is 41.6. The highest BCUT2D eigenvalue weighted by molar-refractivity contribution is 6.01. The summed E-state index contributed by atoms with van der Waals surface area (Å²) < 4.78 is 48.0. The van der Waals surface area contributed by atoms with E-state index in [1.807, 2.05) is 5.32 Å². The minimum atomic E-state index is -3.01. The molecule has 0 spiro atoms. The second-order valence-corrected chi connectivity index (χ2v) is 5.05. The summed E-state index contributed by atoms with van der Waals surface area (Å²) in [6.45, 7) is -1.73. The zero-order chi connectivity index (χ0) is 21.2. The first-order valence-corrected chi connectivity index (χ1v) is 6.48. The molecule has 0 aliphatic carbocycles. The van der Waals surface area contributed by atoms with Crippen LogP contribution in [0.15, 0.2) is 22.9 Å². The van der Waals surface area contributed by atoms with Crippen molar-refractivity contribution < 1.29 is 17.8 Å². The van der Waals surface area contributed by atoms with Gasteiger partial charge in [-0.1, -0.05) is 6.04 Å². The second-order valence-electron chi connectivity index (χ2n) is 5.05. The number of aryl methyl sites for hydroxylation is 1. The Bertz CT molecular complexity index is 1110. The van der Waals surface area contributed by atoms with E-state index >= 15 is 0 Å². The number of aromatic nitrogens is 2. The highest BCUT2D eigenvalue weighted by atomic mass is 16.2. The summed E-state index contributed by atoms with van der Waals surface area (Å²) in [6, 6.07) is -1.61. The molecule has 1 atom stereocenters. The summed E-state index contributed by atoms with van der Waals surface area (Å²) in [7, 11) is 0. The first kappa shape index (κ1) is 8.67. The van der Waals surface area contributed by atoms with Crippen LogP contribution in [0.3, 0.4) is 0 Å². The normalized spacial score (nSPS) is 26.4. The van der Waals surface area contributed by atoms with Crippen LogP contribution in [-0.2, 0) is 15.1 Å². The highest BCUT2D eigenvalue weighted by Crippen LogP contribution is 2.27. The molecular weight excluding hydrogens is 284 g/mol. The molecule has 2 amide bonds. The number of hydrogen-bond acceptors (Lipinski definition) is 5. The van der Waals surface area contributed by atoms with Gasteiger partial charge < -0.3 is 5.73 Å². The molecule has 3 rings (SSSR count). The lowest BCUT2D eigenvalue weighted by Gasteiger charge is -2.34. The molecule has 1 aromatic carbocycles. The lowest BCUT2D eigenvalue weighted by Crippen LogP contribution is -2.56. The van der Waals surface area contributed by atoms with Gasteiger partial charge in [-0.05, 0) is 32.3 Å². The molecule has 3 N–H and O–H groups in total. The molecule has 0 radical (unpaired) electrons. The topological polar surface area (TPSA) is 107 Å². The monoisotopic (exact) mass is 306 g/mol. The largest absolute Gasteiger partial charge is 0.398 e. The van der Waals surface area contributed by atoms with Crippen molar-refractivity contribution in [2.45, 2.75) is 32.2 Å². The third-order valence-electron chi connectivity index (χ3n) is 3.62. The van der Waals surface area contributed by atoms with E-state index in [-0.39, 0.29) is 17.8 Å². The van der Waals surface area contributed by atoms with Crippen LogP contribution in [0.1, 0.15) is 33.7 Å². The maximum Gasteiger partial charge on any atom is 0.264 e. The second kappa shape index (κ2) is 4.66. The first-order valence-electron chi connectivity index (χ1n) is 9.48. The maximum absolute atomic E-state index is 13.3. The zero-order valence-corrected chi connectivity index (χ0v) is 11.6. The van der Waals surface area contributed by atoms with Crippen LogP contribution in [-0.4, -0.2) is 21.4 Å². The van der Waals surface area contributed by atoms with E-state index < -0.39 is 65.4 Å². The number of carbonyl (C=O) groups excluding carboxylic acids is 2. The molecule has 1 unspecified atom stereocenters. The van der Waals surface area contributed by atoms with Crippen LogP contribution in [0.5, 0.6) is 0 Å². The van der Waals surface area contributed by atoms with E-state index in [0.717, 1.165) is 0 Å². The van der Waals surface area contributed by atoms with Gasteiger partial charge in [-0.3, -0.25) is 24.3 Å². The van der Waals surface area contributed by atoms with Crippen LogP contribution < -0.4 is 16.6 Å². The number of nitrogens with one attached hydrogen (secondary N) is 1. The highest BCUT2D eigenvalue weighted by Gasteiger charge is 2.42. The summed E-state index contributed by atoms with van der Waals surface area (Å²) in [5, 5.41) is 1.55. The van der Waals surface area contributed by atoms with E-state index in [9.17, 15) is 14.4 Å². The van der Waals surface area contributed by atoms with E-state index in [1.54, 1.807) is 0 Å². The average molecular weight is 306 g/mol. The van der Waals surface area contributed by atoms with E-state index in [0.29, 0.717) is 4.57 Å². The fourth-order valence-electron chi connectivity index (χ4n) is 2.54. The molecule has 1 aromatic heterocycles. The number of fused-ring (bicyclic) bond motifs is 1. The number of hydrogen-bond donors (Lipinski definition) is 2. The van der Waals surface area contributed by atoms with Crippen LogP contribution in [0.4, 0.5) is 5.69 Å². The lowest BCUT2D eigenvalue weighted by molar-refractivity contribution is -0.140. The fraction of sp³-hybridized carbons (Fsp3) is 0.333. The molecule has 7 nitrogen and oxygen atoms in total. The predicted octanol–water partition coefficient (Wildman–Crippen LogP) is 0.439. The Balaban J connectivity index is 2.51. The van der Waals surface area contributed by atoms with E-state index in [2.05, 4.69) is 4.98 Å². The predicted molar refractivity (Wildman–Crippen MR) is 81.2 cm³/mol. The van der Waals surface area contributed by atoms with Gasteiger partial charge in [-0.2, -0.15) is 0 Å². The molecule has 0 saturated carbocycles. The van der Waals surface area contributed by atoms with Crippen molar-refractivity contribution in [3.63, 3.8) is 0 Å². The van der Waals surface area contributed by atoms with Crippen molar-refractivity contribution in [1.82, 2.24) is 14.9 Å². The molecule has 1 saturated heterocycles. The third kappa shape index (κ3) is 1.89. The molecule has 2 heterocycles. The van der Waals surface area contributed by atoms with Crippen molar-refractivity contribution in [3.8, 4) is 0 Å². The van der Waals surface area contributed by atoms with Crippen molar-refractivity contribution in [2.75, 3.05) is 5.73 Å². The lowest BCUT2D eigenvalue weighted by atomic mass is 9.90. The van der Waals surface area contributed by atoms with Crippen LogP contribution in [0.2, 0.25) is 0 Å². The summed E-state index contributed by atoms with van der Waals surface area (Å²) in [6.07, 6.45) is -0.761. The summed E-state index contributed by atoms with van der Waals surface area (Å²) >= 11 is 0. The molecule has 1 aliphatic heterocycles.